The number of aromatic amines is 1. The highest BCUT2D eigenvalue weighted by Gasteiger charge is 2.39. The van der Waals surface area contributed by atoms with Crippen molar-refractivity contribution in [3.63, 3.8) is 0 Å². The monoisotopic (exact) mass is 503 g/mol. The molecule has 5 rings (SSSR count). The van der Waals surface area contributed by atoms with E-state index in [1.807, 2.05) is 23.1 Å². The Bertz CT molecular complexity index is 1390. The molecule has 2 aliphatic heterocycles. The van der Waals surface area contributed by atoms with Crippen molar-refractivity contribution in [2.45, 2.75) is 63.6 Å². The molecule has 2 atom stereocenters. The van der Waals surface area contributed by atoms with Crippen LogP contribution < -0.4 is 5.32 Å². The third-order valence-corrected chi connectivity index (χ3v) is 9.35. The van der Waals surface area contributed by atoms with E-state index in [9.17, 15) is 13.2 Å². The van der Waals surface area contributed by atoms with Crippen LogP contribution in [0.25, 0.3) is 10.9 Å². The number of hydrogen-bond acceptors (Lipinski definition) is 4. The number of para-hydroxylation sites is 1. The number of carbonyl (C=O) groups excluding carboxylic acids is 1. The van der Waals surface area contributed by atoms with Gasteiger partial charge < -0.3 is 15.2 Å². The van der Waals surface area contributed by atoms with Gasteiger partial charge in [0.2, 0.25) is 0 Å². The molecule has 2 N–H and O–H groups in total. The number of terminal acetylenes is 1. The Balaban J connectivity index is 1.50. The minimum Gasteiger partial charge on any atom is -0.382 e. The molecule has 0 saturated carbocycles. The number of carbonyl (C=O) groups is 1. The summed E-state index contributed by atoms with van der Waals surface area (Å²) in [4.78, 5) is 18.7. The average Bonchev–Trinajstić information content (AvgIpc) is 3.26. The van der Waals surface area contributed by atoms with Crippen molar-refractivity contribution >= 4 is 32.3 Å². The maximum Gasteiger partial charge on any atom is 0.299 e. The molecule has 1 aromatic heterocycles. The second-order valence-electron chi connectivity index (χ2n) is 10.0. The van der Waals surface area contributed by atoms with Crippen LogP contribution in [0.3, 0.4) is 0 Å². The lowest BCUT2D eigenvalue weighted by Crippen LogP contribution is -2.47. The van der Waals surface area contributed by atoms with Crippen LogP contribution in [0, 0.1) is 12.3 Å². The number of unbranched alkanes of at least 4 members (excludes halogenated alkanes) is 1. The summed E-state index contributed by atoms with van der Waals surface area (Å²) >= 11 is 0. The van der Waals surface area contributed by atoms with Gasteiger partial charge >= 0.3 is 0 Å². The third kappa shape index (κ3) is 4.75. The fourth-order valence-electron chi connectivity index (χ4n) is 5.76. The first-order valence-electron chi connectivity index (χ1n) is 12.9. The van der Waals surface area contributed by atoms with Crippen molar-refractivity contribution < 1.29 is 13.2 Å². The van der Waals surface area contributed by atoms with Gasteiger partial charge in [0, 0.05) is 34.4 Å². The molecule has 1 fully saturated rings. The molecule has 2 aliphatic rings. The number of anilines is 1. The normalized spacial score (nSPS) is 21.6. The lowest BCUT2D eigenvalue weighted by atomic mass is 9.86. The van der Waals surface area contributed by atoms with Gasteiger partial charge in [-0.25, -0.2) is 8.42 Å². The highest BCUT2D eigenvalue weighted by atomic mass is 32.2. The molecule has 0 spiro atoms. The van der Waals surface area contributed by atoms with Gasteiger partial charge in [0.1, 0.15) is 9.84 Å². The van der Waals surface area contributed by atoms with Crippen molar-refractivity contribution in [2.24, 2.45) is 0 Å². The number of hydrogen-bond donors (Lipinski definition) is 2. The zero-order valence-corrected chi connectivity index (χ0v) is 21.5. The second kappa shape index (κ2) is 10.0. The summed E-state index contributed by atoms with van der Waals surface area (Å²) in [7, 11) is -2.89. The lowest BCUT2D eigenvalue weighted by molar-refractivity contribution is -0.130. The van der Waals surface area contributed by atoms with E-state index in [4.69, 9.17) is 6.42 Å². The Morgan fingerprint density at radius 1 is 1.14 bits per heavy atom. The highest BCUT2D eigenvalue weighted by molar-refractivity contribution is 7.91. The van der Waals surface area contributed by atoms with E-state index >= 15 is 0 Å². The topological polar surface area (TPSA) is 82.3 Å². The zero-order valence-electron chi connectivity index (χ0n) is 20.7. The number of nitrogens with zero attached hydrogens (tertiary/aromatic N) is 1. The Labute approximate surface area is 213 Å². The molecule has 1 saturated heterocycles. The van der Waals surface area contributed by atoms with Crippen LogP contribution in [0.4, 0.5) is 5.69 Å². The Morgan fingerprint density at radius 3 is 2.56 bits per heavy atom. The van der Waals surface area contributed by atoms with Gasteiger partial charge in [-0.05, 0) is 60.9 Å². The SMILES string of the molecule is C#CC(=O)N1[C@@H](CCCC)Cc2c([nH]c3ccccc23)[C@@H]1c1ccc(NC2CCS(=O)(=O)CC2)cc1. The van der Waals surface area contributed by atoms with Crippen molar-refractivity contribution in [1.29, 1.82) is 0 Å². The predicted molar refractivity (Wildman–Crippen MR) is 145 cm³/mol. The van der Waals surface area contributed by atoms with Crippen LogP contribution in [-0.4, -0.2) is 47.8 Å². The maximum absolute atomic E-state index is 13.1. The molecule has 0 bridgehead atoms. The molecular formula is C29H33N3O3S. The standard InChI is InChI=1S/C29H33N3O3S/c1-3-5-8-23-19-25-24-9-6-7-10-26(24)31-28(25)29(32(23)27(33)4-2)20-11-13-21(14-12-20)30-22-15-17-36(34,35)18-16-22/h2,6-7,9-14,22-23,29-31H,3,5,8,15-19H2,1H3/t23-,29-/m0/s1. The zero-order chi connectivity index (χ0) is 25.3. The molecule has 188 valence electrons. The van der Waals surface area contributed by atoms with Crippen LogP contribution in [-0.2, 0) is 21.1 Å². The summed E-state index contributed by atoms with van der Waals surface area (Å²) in [6.45, 7) is 2.16. The van der Waals surface area contributed by atoms with E-state index in [0.29, 0.717) is 12.8 Å². The van der Waals surface area contributed by atoms with E-state index < -0.39 is 9.84 Å². The minimum atomic E-state index is -2.89. The first-order valence-corrected chi connectivity index (χ1v) is 14.7. The molecule has 0 unspecified atom stereocenters. The first-order chi connectivity index (χ1) is 17.4. The molecule has 0 aliphatic carbocycles. The minimum absolute atomic E-state index is 0.0344. The Morgan fingerprint density at radius 2 is 1.86 bits per heavy atom. The Hall–Kier alpha value is -3.24. The van der Waals surface area contributed by atoms with Crippen LogP contribution in [0.1, 0.15) is 61.9 Å². The maximum atomic E-state index is 13.1. The van der Waals surface area contributed by atoms with Crippen molar-refractivity contribution in [3.05, 3.63) is 65.4 Å². The fraction of sp³-hybridized carbons (Fsp3) is 0.414. The van der Waals surface area contributed by atoms with E-state index in [-0.39, 0.29) is 35.5 Å². The smallest absolute Gasteiger partial charge is 0.299 e. The molecule has 7 heteroatoms. The lowest BCUT2D eigenvalue weighted by Gasteiger charge is -2.41. The average molecular weight is 504 g/mol. The number of amides is 1. The number of H-pyrrole nitrogens is 1. The van der Waals surface area contributed by atoms with Gasteiger partial charge in [-0.2, -0.15) is 0 Å². The van der Waals surface area contributed by atoms with E-state index in [1.54, 1.807) is 0 Å². The largest absolute Gasteiger partial charge is 0.382 e. The number of rotatable bonds is 6. The first kappa shape index (κ1) is 24.5. The molecule has 3 aromatic rings. The number of nitrogens with one attached hydrogen (secondary N) is 2. The second-order valence-corrected chi connectivity index (χ2v) is 12.3. The van der Waals surface area contributed by atoms with Crippen LogP contribution in [0.15, 0.2) is 48.5 Å². The number of aromatic nitrogens is 1. The quantitative estimate of drug-likeness (QED) is 0.473. The van der Waals surface area contributed by atoms with Crippen molar-refractivity contribution in [1.82, 2.24) is 9.88 Å². The fourth-order valence-corrected chi connectivity index (χ4v) is 7.25. The van der Waals surface area contributed by atoms with E-state index in [1.165, 1.54) is 10.9 Å². The van der Waals surface area contributed by atoms with E-state index in [2.05, 4.69) is 53.5 Å². The van der Waals surface area contributed by atoms with Gasteiger partial charge in [-0.1, -0.05) is 50.1 Å². The van der Waals surface area contributed by atoms with Crippen LogP contribution in [0.2, 0.25) is 0 Å². The van der Waals surface area contributed by atoms with Gasteiger partial charge in [0.05, 0.1) is 17.5 Å². The molecule has 36 heavy (non-hydrogen) atoms. The van der Waals surface area contributed by atoms with Crippen molar-refractivity contribution in [2.75, 3.05) is 16.8 Å². The summed E-state index contributed by atoms with van der Waals surface area (Å²) in [5, 5.41) is 4.69. The summed E-state index contributed by atoms with van der Waals surface area (Å²) in [6, 6.07) is 16.4. The summed E-state index contributed by atoms with van der Waals surface area (Å²) in [6.07, 6.45) is 10.7. The number of benzene rings is 2. The molecule has 1 amide bonds. The van der Waals surface area contributed by atoms with Crippen molar-refractivity contribution in [3.8, 4) is 12.3 Å². The van der Waals surface area contributed by atoms with Gasteiger partial charge in [-0.15, -0.1) is 6.42 Å². The molecule has 0 radical (unpaired) electrons. The number of sulfone groups is 1. The summed E-state index contributed by atoms with van der Waals surface area (Å²) < 4.78 is 23.5. The predicted octanol–water partition coefficient (Wildman–Crippen LogP) is 4.82. The van der Waals surface area contributed by atoms with Gasteiger partial charge in [0.15, 0.2) is 0 Å². The van der Waals surface area contributed by atoms with Gasteiger partial charge in [-0.3, -0.25) is 4.79 Å². The third-order valence-electron chi connectivity index (χ3n) is 7.63. The Kier molecular flexibility index (Phi) is 6.81. The van der Waals surface area contributed by atoms with E-state index in [0.717, 1.165) is 48.1 Å². The van der Waals surface area contributed by atoms with Crippen LogP contribution in [0.5, 0.6) is 0 Å². The number of fused-ring (bicyclic) bond motifs is 3. The molecular weight excluding hydrogens is 470 g/mol. The summed E-state index contributed by atoms with van der Waals surface area (Å²) in [5.41, 5.74) is 5.33. The van der Waals surface area contributed by atoms with Gasteiger partial charge in [0.25, 0.3) is 5.91 Å². The highest BCUT2D eigenvalue weighted by Crippen LogP contribution is 2.42. The molecule has 6 nitrogen and oxygen atoms in total. The summed E-state index contributed by atoms with van der Waals surface area (Å²) in [5.74, 6) is 2.57. The molecule has 2 aromatic carbocycles. The molecule has 3 heterocycles. The van der Waals surface area contributed by atoms with Crippen LogP contribution >= 0.6 is 0 Å².